The number of ether oxygens (including phenoxy) is 1. The van der Waals surface area contributed by atoms with Crippen molar-refractivity contribution >= 4 is 5.97 Å². The molecule has 1 aromatic rings. The van der Waals surface area contributed by atoms with Crippen LogP contribution < -0.4 is 4.74 Å². The molecule has 3 heteroatoms. The van der Waals surface area contributed by atoms with Crippen molar-refractivity contribution < 1.29 is 14.6 Å². The number of carboxylic acid groups (broad SMARTS) is 1. The van der Waals surface area contributed by atoms with E-state index >= 15 is 0 Å². The highest BCUT2D eigenvalue weighted by atomic mass is 16.5. The monoisotopic (exact) mass is 206 g/mol. The van der Waals surface area contributed by atoms with Gasteiger partial charge in [-0.3, -0.25) is 4.79 Å². The van der Waals surface area contributed by atoms with Gasteiger partial charge in [-0.05, 0) is 31.4 Å². The molecule has 1 fully saturated rings. The van der Waals surface area contributed by atoms with E-state index in [2.05, 4.69) is 0 Å². The molecule has 15 heavy (non-hydrogen) atoms. The highest BCUT2D eigenvalue weighted by Crippen LogP contribution is 2.29. The number of hydrogen-bond acceptors (Lipinski definition) is 2. The van der Waals surface area contributed by atoms with Gasteiger partial charge >= 0.3 is 5.97 Å². The summed E-state index contributed by atoms with van der Waals surface area (Å²) in [6.07, 6.45) is 2.34. The molecule has 2 rings (SSSR count). The van der Waals surface area contributed by atoms with Crippen LogP contribution in [0, 0.1) is 5.92 Å². The predicted octanol–water partition coefficient (Wildman–Crippen LogP) is 2.32. The SMILES string of the molecule is O=C(O)C1CCCC1Oc1ccccc1. The molecule has 0 heterocycles. The van der Waals surface area contributed by atoms with Crippen LogP contribution in [0.4, 0.5) is 0 Å². The minimum absolute atomic E-state index is 0.162. The molecule has 2 unspecified atom stereocenters. The Kier molecular flexibility index (Phi) is 2.90. The number of carboxylic acids is 1. The maximum absolute atomic E-state index is 10.9. The van der Waals surface area contributed by atoms with E-state index in [0.29, 0.717) is 0 Å². The van der Waals surface area contributed by atoms with E-state index in [1.807, 2.05) is 30.3 Å². The molecule has 3 nitrogen and oxygen atoms in total. The second-order valence-corrected chi connectivity index (χ2v) is 3.84. The molecule has 1 aliphatic carbocycles. The molecule has 0 bridgehead atoms. The summed E-state index contributed by atoms with van der Waals surface area (Å²) in [4.78, 5) is 10.9. The van der Waals surface area contributed by atoms with E-state index < -0.39 is 5.97 Å². The topological polar surface area (TPSA) is 46.5 Å². The van der Waals surface area contributed by atoms with E-state index in [1.54, 1.807) is 0 Å². The Bertz CT molecular complexity index is 334. The van der Waals surface area contributed by atoms with Gasteiger partial charge in [0.05, 0.1) is 5.92 Å². The van der Waals surface area contributed by atoms with Crippen molar-refractivity contribution in [3.05, 3.63) is 30.3 Å². The van der Waals surface area contributed by atoms with E-state index in [1.165, 1.54) is 0 Å². The zero-order valence-electron chi connectivity index (χ0n) is 8.43. The number of carbonyl (C=O) groups is 1. The van der Waals surface area contributed by atoms with Gasteiger partial charge in [0, 0.05) is 0 Å². The Labute approximate surface area is 88.7 Å². The van der Waals surface area contributed by atoms with Crippen molar-refractivity contribution in [2.24, 2.45) is 5.92 Å². The Morgan fingerprint density at radius 1 is 1.27 bits per heavy atom. The first-order valence-corrected chi connectivity index (χ1v) is 5.22. The predicted molar refractivity (Wildman–Crippen MR) is 55.8 cm³/mol. The third-order valence-electron chi connectivity index (χ3n) is 2.80. The summed E-state index contributed by atoms with van der Waals surface area (Å²) in [5.41, 5.74) is 0. The number of aliphatic carboxylic acids is 1. The normalized spacial score (nSPS) is 25.1. The zero-order valence-corrected chi connectivity index (χ0v) is 8.43. The third-order valence-corrected chi connectivity index (χ3v) is 2.80. The lowest BCUT2D eigenvalue weighted by Gasteiger charge is -2.17. The van der Waals surface area contributed by atoms with Crippen LogP contribution in [0.3, 0.4) is 0 Å². The van der Waals surface area contributed by atoms with Gasteiger partial charge in [0.15, 0.2) is 0 Å². The molecule has 1 N–H and O–H groups in total. The summed E-state index contributed by atoms with van der Waals surface area (Å²) in [6.45, 7) is 0. The van der Waals surface area contributed by atoms with Crippen LogP contribution in [-0.2, 0) is 4.79 Å². The van der Waals surface area contributed by atoms with Crippen molar-refractivity contribution in [3.63, 3.8) is 0 Å². The first-order valence-electron chi connectivity index (χ1n) is 5.22. The van der Waals surface area contributed by atoms with Gasteiger partial charge in [0.25, 0.3) is 0 Å². The van der Waals surface area contributed by atoms with Gasteiger partial charge in [0.2, 0.25) is 0 Å². The fourth-order valence-electron chi connectivity index (χ4n) is 2.02. The summed E-state index contributed by atoms with van der Waals surface area (Å²) in [7, 11) is 0. The fraction of sp³-hybridized carbons (Fsp3) is 0.417. The summed E-state index contributed by atoms with van der Waals surface area (Å²) >= 11 is 0. The van der Waals surface area contributed by atoms with Gasteiger partial charge in [-0.25, -0.2) is 0 Å². The van der Waals surface area contributed by atoms with Gasteiger partial charge in [-0.1, -0.05) is 18.2 Å². The Morgan fingerprint density at radius 2 is 2.00 bits per heavy atom. The molecular formula is C12H14O3. The third kappa shape index (κ3) is 2.29. The lowest BCUT2D eigenvalue weighted by atomic mass is 10.1. The molecule has 1 aliphatic rings. The molecule has 0 radical (unpaired) electrons. The van der Waals surface area contributed by atoms with E-state index in [4.69, 9.17) is 9.84 Å². The van der Waals surface area contributed by atoms with E-state index in [-0.39, 0.29) is 12.0 Å². The molecule has 80 valence electrons. The van der Waals surface area contributed by atoms with Gasteiger partial charge in [0.1, 0.15) is 11.9 Å². The van der Waals surface area contributed by atoms with Gasteiger partial charge in [-0.15, -0.1) is 0 Å². The van der Waals surface area contributed by atoms with Crippen LogP contribution in [0.25, 0.3) is 0 Å². The van der Waals surface area contributed by atoms with Crippen molar-refractivity contribution in [3.8, 4) is 5.75 Å². The highest BCUT2D eigenvalue weighted by molar-refractivity contribution is 5.71. The van der Waals surface area contributed by atoms with Gasteiger partial charge < -0.3 is 9.84 Å². The van der Waals surface area contributed by atoms with Crippen molar-refractivity contribution in [2.75, 3.05) is 0 Å². The van der Waals surface area contributed by atoms with Gasteiger partial charge in [-0.2, -0.15) is 0 Å². The van der Waals surface area contributed by atoms with Crippen molar-refractivity contribution in [1.82, 2.24) is 0 Å². The quantitative estimate of drug-likeness (QED) is 0.825. The Balaban J connectivity index is 2.03. The van der Waals surface area contributed by atoms with Crippen LogP contribution >= 0.6 is 0 Å². The van der Waals surface area contributed by atoms with E-state index in [9.17, 15) is 4.79 Å². The van der Waals surface area contributed by atoms with Crippen LogP contribution in [0.15, 0.2) is 30.3 Å². The van der Waals surface area contributed by atoms with E-state index in [0.717, 1.165) is 25.0 Å². The Morgan fingerprint density at radius 3 is 2.67 bits per heavy atom. The standard InChI is InChI=1S/C12H14O3/c13-12(14)10-7-4-8-11(10)15-9-5-2-1-3-6-9/h1-3,5-6,10-11H,4,7-8H2,(H,13,14). The largest absolute Gasteiger partial charge is 0.490 e. The summed E-state index contributed by atoms with van der Waals surface area (Å²) in [5.74, 6) is -0.325. The highest BCUT2D eigenvalue weighted by Gasteiger charge is 2.34. The molecule has 0 aromatic heterocycles. The molecule has 0 saturated heterocycles. The lowest BCUT2D eigenvalue weighted by molar-refractivity contribution is -0.143. The zero-order chi connectivity index (χ0) is 10.7. The number of rotatable bonds is 3. The van der Waals surface area contributed by atoms with Crippen LogP contribution in [0.5, 0.6) is 5.75 Å². The average Bonchev–Trinajstić information content (AvgIpc) is 2.67. The minimum Gasteiger partial charge on any atom is -0.490 e. The summed E-state index contributed by atoms with van der Waals surface area (Å²) in [6, 6.07) is 9.41. The van der Waals surface area contributed by atoms with Crippen LogP contribution in [-0.4, -0.2) is 17.2 Å². The first kappa shape index (κ1) is 10.0. The average molecular weight is 206 g/mol. The van der Waals surface area contributed by atoms with Crippen molar-refractivity contribution in [1.29, 1.82) is 0 Å². The second-order valence-electron chi connectivity index (χ2n) is 3.84. The smallest absolute Gasteiger partial charge is 0.310 e. The van der Waals surface area contributed by atoms with Crippen LogP contribution in [0.2, 0.25) is 0 Å². The van der Waals surface area contributed by atoms with Crippen LogP contribution in [0.1, 0.15) is 19.3 Å². The Hall–Kier alpha value is -1.51. The number of para-hydroxylation sites is 1. The van der Waals surface area contributed by atoms with Crippen molar-refractivity contribution in [2.45, 2.75) is 25.4 Å². The molecule has 2 atom stereocenters. The maximum atomic E-state index is 10.9. The molecule has 1 saturated carbocycles. The number of hydrogen-bond donors (Lipinski definition) is 1. The second kappa shape index (κ2) is 4.34. The number of benzene rings is 1. The molecular weight excluding hydrogens is 192 g/mol. The summed E-state index contributed by atoms with van der Waals surface area (Å²) in [5, 5.41) is 8.98. The molecule has 0 spiro atoms. The molecule has 1 aromatic carbocycles. The lowest BCUT2D eigenvalue weighted by Crippen LogP contribution is -2.27. The first-order chi connectivity index (χ1) is 7.27. The maximum Gasteiger partial charge on any atom is 0.310 e. The summed E-state index contributed by atoms with van der Waals surface area (Å²) < 4.78 is 5.67. The fourth-order valence-corrected chi connectivity index (χ4v) is 2.02. The molecule has 0 aliphatic heterocycles. The molecule has 0 amide bonds. The minimum atomic E-state index is -0.742.